The summed E-state index contributed by atoms with van der Waals surface area (Å²) in [5.74, 6) is 0. The van der Waals surface area contributed by atoms with E-state index in [0.717, 1.165) is 0 Å². The summed E-state index contributed by atoms with van der Waals surface area (Å²) in [6.07, 6.45) is 10.4. The van der Waals surface area contributed by atoms with Crippen molar-refractivity contribution in [3.8, 4) is 0 Å². The quantitative estimate of drug-likeness (QED) is 0.610. The van der Waals surface area contributed by atoms with Crippen LogP contribution in [-0.4, -0.2) is 0 Å². The van der Waals surface area contributed by atoms with E-state index in [-0.39, 0.29) is 0 Å². The molecule has 96 valence electrons. The van der Waals surface area contributed by atoms with E-state index in [1.807, 2.05) is 6.08 Å². The highest BCUT2D eigenvalue weighted by atomic mass is 14.1. The van der Waals surface area contributed by atoms with Gasteiger partial charge in [-0.2, -0.15) is 0 Å². The Morgan fingerprint density at radius 3 is 2.42 bits per heavy atom. The van der Waals surface area contributed by atoms with Crippen molar-refractivity contribution in [1.29, 1.82) is 0 Å². The lowest BCUT2D eigenvalue weighted by atomic mass is 9.92. The summed E-state index contributed by atoms with van der Waals surface area (Å²) in [7, 11) is 0. The van der Waals surface area contributed by atoms with Gasteiger partial charge in [0.2, 0.25) is 0 Å². The zero-order valence-corrected chi connectivity index (χ0v) is 11.9. The molecule has 0 heterocycles. The molecule has 19 heavy (non-hydrogen) atoms. The lowest BCUT2D eigenvalue weighted by molar-refractivity contribution is 1.33. The van der Waals surface area contributed by atoms with Crippen molar-refractivity contribution in [2.45, 2.75) is 20.8 Å². The largest absolute Gasteiger partial charge is 0.0988 e. The summed E-state index contributed by atoms with van der Waals surface area (Å²) >= 11 is 0. The molecular formula is C19H20. The zero-order chi connectivity index (χ0) is 13.8. The minimum Gasteiger partial charge on any atom is -0.0988 e. The Morgan fingerprint density at radius 2 is 1.68 bits per heavy atom. The Bertz CT molecular complexity index is 619. The average molecular weight is 248 g/mol. The van der Waals surface area contributed by atoms with Crippen molar-refractivity contribution >= 4 is 11.6 Å². The Hall–Kier alpha value is -2.08. The van der Waals surface area contributed by atoms with Crippen LogP contribution in [0.25, 0.3) is 11.6 Å². The summed E-state index contributed by atoms with van der Waals surface area (Å²) in [4.78, 5) is 0. The van der Waals surface area contributed by atoms with Crippen LogP contribution in [0.2, 0.25) is 0 Å². The predicted molar refractivity (Wildman–Crippen MR) is 85.8 cm³/mol. The number of allylic oxidation sites excluding steroid dienone is 8. The summed E-state index contributed by atoms with van der Waals surface area (Å²) in [6, 6.07) is 8.52. The molecule has 0 heteroatoms. The molecule has 1 aliphatic carbocycles. The molecule has 0 nitrogen and oxygen atoms in total. The fourth-order valence-electron chi connectivity index (χ4n) is 2.36. The second kappa shape index (κ2) is 5.71. The second-order valence-electron chi connectivity index (χ2n) is 4.86. The van der Waals surface area contributed by atoms with Gasteiger partial charge in [0.15, 0.2) is 0 Å². The molecule has 1 aliphatic rings. The SMILES string of the molecule is C=C/C(C)=C1/C=C\C=C\c2ccccc2/C(C)=C/1C. The lowest BCUT2D eigenvalue weighted by Gasteiger charge is -2.13. The van der Waals surface area contributed by atoms with Crippen LogP contribution in [0.4, 0.5) is 0 Å². The molecule has 1 aromatic carbocycles. The van der Waals surface area contributed by atoms with Gasteiger partial charge in [-0.15, -0.1) is 0 Å². The topological polar surface area (TPSA) is 0 Å². The molecule has 0 saturated carbocycles. The highest BCUT2D eigenvalue weighted by Gasteiger charge is 2.09. The maximum absolute atomic E-state index is 3.88. The van der Waals surface area contributed by atoms with E-state index in [4.69, 9.17) is 0 Å². The zero-order valence-electron chi connectivity index (χ0n) is 11.9. The summed E-state index contributed by atoms with van der Waals surface area (Å²) in [6.45, 7) is 10.4. The van der Waals surface area contributed by atoms with Gasteiger partial charge in [0.1, 0.15) is 0 Å². The highest BCUT2D eigenvalue weighted by Crippen LogP contribution is 2.30. The van der Waals surface area contributed by atoms with Gasteiger partial charge in [-0.3, -0.25) is 0 Å². The van der Waals surface area contributed by atoms with E-state index in [2.05, 4.69) is 75.9 Å². The Balaban J connectivity index is 2.75. The first-order valence-corrected chi connectivity index (χ1v) is 6.60. The van der Waals surface area contributed by atoms with Gasteiger partial charge in [-0.1, -0.05) is 61.2 Å². The van der Waals surface area contributed by atoms with E-state index >= 15 is 0 Å². The molecule has 0 fully saturated rings. The first-order chi connectivity index (χ1) is 9.15. The molecule has 0 aromatic heterocycles. The second-order valence-corrected chi connectivity index (χ2v) is 4.86. The predicted octanol–water partition coefficient (Wildman–Crippen LogP) is 5.57. The maximum atomic E-state index is 3.88. The molecule has 0 unspecified atom stereocenters. The molecule has 0 N–H and O–H groups in total. The molecule has 0 radical (unpaired) electrons. The van der Waals surface area contributed by atoms with Crippen LogP contribution in [0.15, 0.2) is 71.9 Å². The van der Waals surface area contributed by atoms with E-state index in [1.165, 1.54) is 33.4 Å². The molecular weight excluding hydrogens is 228 g/mol. The van der Waals surface area contributed by atoms with Crippen LogP contribution in [0.5, 0.6) is 0 Å². The first-order valence-electron chi connectivity index (χ1n) is 6.60. The first kappa shape index (κ1) is 13.4. The summed E-state index contributed by atoms with van der Waals surface area (Å²) in [5.41, 5.74) is 7.67. The van der Waals surface area contributed by atoms with Crippen LogP contribution in [-0.2, 0) is 0 Å². The summed E-state index contributed by atoms with van der Waals surface area (Å²) in [5, 5.41) is 0. The maximum Gasteiger partial charge on any atom is -0.0152 e. The third kappa shape index (κ3) is 2.68. The number of hydrogen-bond donors (Lipinski definition) is 0. The van der Waals surface area contributed by atoms with Gasteiger partial charge in [0.25, 0.3) is 0 Å². The number of rotatable bonds is 1. The van der Waals surface area contributed by atoms with Gasteiger partial charge < -0.3 is 0 Å². The average Bonchev–Trinajstić information content (AvgIpc) is 2.50. The molecule has 0 saturated heterocycles. The van der Waals surface area contributed by atoms with Crippen molar-refractivity contribution in [3.05, 3.63) is 83.0 Å². The minimum atomic E-state index is 1.21. The smallest absolute Gasteiger partial charge is 0.0152 e. The fraction of sp³-hybridized carbons (Fsp3) is 0.158. The van der Waals surface area contributed by atoms with Crippen molar-refractivity contribution < 1.29 is 0 Å². The normalized spacial score (nSPS) is 24.6. The Kier molecular flexibility index (Phi) is 4.01. The van der Waals surface area contributed by atoms with Gasteiger partial charge >= 0.3 is 0 Å². The molecule has 2 rings (SSSR count). The van der Waals surface area contributed by atoms with Gasteiger partial charge in [0, 0.05) is 0 Å². The fourth-order valence-corrected chi connectivity index (χ4v) is 2.36. The van der Waals surface area contributed by atoms with Crippen LogP contribution >= 0.6 is 0 Å². The third-order valence-corrected chi connectivity index (χ3v) is 3.71. The molecule has 1 aromatic rings. The van der Waals surface area contributed by atoms with Crippen molar-refractivity contribution in [2.75, 3.05) is 0 Å². The van der Waals surface area contributed by atoms with Gasteiger partial charge in [-0.05, 0) is 54.2 Å². The van der Waals surface area contributed by atoms with Crippen LogP contribution in [0.1, 0.15) is 31.9 Å². The van der Waals surface area contributed by atoms with E-state index in [0.29, 0.717) is 0 Å². The molecule has 0 atom stereocenters. The monoisotopic (exact) mass is 248 g/mol. The van der Waals surface area contributed by atoms with Crippen LogP contribution < -0.4 is 0 Å². The van der Waals surface area contributed by atoms with E-state index in [1.54, 1.807) is 0 Å². The number of hydrogen-bond acceptors (Lipinski definition) is 0. The van der Waals surface area contributed by atoms with Crippen molar-refractivity contribution in [3.63, 3.8) is 0 Å². The highest BCUT2D eigenvalue weighted by molar-refractivity contribution is 5.79. The Labute approximate surface area is 116 Å². The molecule has 0 bridgehead atoms. The van der Waals surface area contributed by atoms with Gasteiger partial charge in [0.05, 0.1) is 0 Å². The number of fused-ring (bicyclic) bond motifs is 1. The van der Waals surface area contributed by atoms with Crippen molar-refractivity contribution in [1.82, 2.24) is 0 Å². The Morgan fingerprint density at radius 1 is 1.00 bits per heavy atom. The summed E-state index contributed by atoms with van der Waals surface area (Å²) < 4.78 is 0. The standard InChI is InChI=1S/C19H20/c1-5-14(2)18-12-8-6-10-17-11-7-9-13-19(17)16(4)15(18)3/h5-13H,1H2,2-4H3/b10-6+,12-8-,16-15+,18-14-. The van der Waals surface area contributed by atoms with Crippen molar-refractivity contribution in [2.24, 2.45) is 0 Å². The number of benzene rings is 1. The van der Waals surface area contributed by atoms with Crippen LogP contribution in [0, 0.1) is 0 Å². The third-order valence-electron chi connectivity index (χ3n) is 3.71. The van der Waals surface area contributed by atoms with E-state index < -0.39 is 0 Å². The van der Waals surface area contributed by atoms with Crippen LogP contribution in [0.3, 0.4) is 0 Å². The molecule has 0 amide bonds. The molecule has 0 spiro atoms. The lowest BCUT2D eigenvalue weighted by Crippen LogP contribution is -1.92. The van der Waals surface area contributed by atoms with E-state index in [9.17, 15) is 0 Å². The minimum absolute atomic E-state index is 1.21. The molecule has 0 aliphatic heterocycles. The van der Waals surface area contributed by atoms with Gasteiger partial charge in [-0.25, -0.2) is 0 Å².